The van der Waals surface area contributed by atoms with Crippen LogP contribution in [0.2, 0.25) is 0 Å². The molecule has 2 aromatic rings. The van der Waals surface area contributed by atoms with Crippen LogP contribution >= 0.6 is 0 Å². The fraction of sp³-hybridized carbons (Fsp3) is 0.316. The molecule has 0 aliphatic heterocycles. The van der Waals surface area contributed by atoms with E-state index < -0.39 is 5.79 Å². The van der Waals surface area contributed by atoms with Crippen LogP contribution in [0.3, 0.4) is 0 Å². The molecule has 2 unspecified atom stereocenters. The fourth-order valence-corrected chi connectivity index (χ4v) is 3.94. The van der Waals surface area contributed by atoms with E-state index in [1.165, 1.54) is 23.4 Å². The lowest BCUT2D eigenvalue weighted by molar-refractivity contribution is -0.185. The van der Waals surface area contributed by atoms with Crippen molar-refractivity contribution < 1.29 is 14.6 Å². The molecule has 0 aromatic heterocycles. The maximum atomic E-state index is 12.5. The first-order valence-electron chi connectivity index (χ1n) is 7.61. The van der Waals surface area contributed by atoms with E-state index in [0.717, 1.165) is 16.7 Å². The minimum Gasteiger partial charge on any atom is -0.359 e. The molecule has 0 bridgehead atoms. The van der Waals surface area contributed by atoms with Crippen molar-refractivity contribution in [3.8, 4) is 0 Å². The highest BCUT2D eigenvalue weighted by Gasteiger charge is 2.48. The Balaban J connectivity index is 1.98. The second kappa shape index (κ2) is 4.51. The monoisotopic (exact) mass is 294 g/mol. The van der Waals surface area contributed by atoms with Crippen LogP contribution in [0.1, 0.15) is 36.8 Å². The molecule has 2 aliphatic carbocycles. The quantitative estimate of drug-likeness (QED) is 0.820. The molecule has 0 saturated heterocycles. The molecule has 0 amide bonds. The zero-order valence-corrected chi connectivity index (χ0v) is 12.7. The number of carbonyl (C=O) groups is 1. The number of carbonyl (C=O) groups excluding carboxylic acids is 1. The number of benzene rings is 2. The Morgan fingerprint density at radius 2 is 1.95 bits per heavy atom. The molecule has 2 atom stereocenters. The van der Waals surface area contributed by atoms with E-state index >= 15 is 0 Å². The summed E-state index contributed by atoms with van der Waals surface area (Å²) in [5.74, 6) is -1.70. The molecule has 112 valence electrons. The van der Waals surface area contributed by atoms with E-state index in [-0.39, 0.29) is 18.1 Å². The third kappa shape index (κ3) is 1.67. The molecule has 2 aromatic carbocycles. The van der Waals surface area contributed by atoms with Crippen LogP contribution in [0, 0.1) is 0 Å². The number of Topliss-reactive ketones (excluding diaryl/α,β-unsaturated/α-hetero) is 1. The summed E-state index contributed by atoms with van der Waals surface area (Å²) in [5.41, 5.74) is 4.06. The Morgan fingerprint density at radius 3 is 2.73 bits per heavy atom. The highest BCUT2D eigenvalue weighted by atomic mass is 16.6. The molecule has 0 saturated carbocycles. The van der Waals surface area contributed by atoms with E-state index in [0.29, 0.717) is 6.42 Å². The third-order valence-corrected chi connectivity index (χ3v) is 5.05. The van der Waals surface area contributed by atoms with Crippen molar-refractivity contribution in [3.63, 3.8) is 0 Å². The van der Waals surface area contributed by atoms with Gasteiger partial charge in [-0.05, 0) is 39.8 Å². The van der Waals surface area contributed by atoms with Gasteiger partial charge < -0.3 is 9.84 Å². The summed E-state index contributed by atoms with van der Waals surface area (Å²) in [4.78, 5) is 12.5. The van der Waals surface area contributed by atoms with E-state index in [1.807, 2.05) is 12.1 Å². The average molecular weight is 294 g/mol. The predicted octanol–water partition coefficient (Wildman–Crippen LogP) is 3.41. The number of fused-ring (bicyclic) bond motifs is 4. The van der Waals surface area contributed by atoms with Crippen molar-refractivity contribution in [1.29, 1.82) is 0 Å². The molecule has 3 nitrogen and oxygen atoms in total. The second-order valence-electron chi connectivity index (χ2n) is 6.30. The smallest absolute Gasteiger partial charge is 0.234 e. The molecule has 0 spiro atoms. The van der Waals surface area contributed by atoms with Gasteiger partial charge in [0.25, 0.3) is 0 Å². The van der Waals surface area contributed by atoms with Gasteiger partial charge in [-0.1, -0.05) is 43.3 Å². The lowest BCUT2D eigenvalue weighted by Gasteiger charge is -2.25. The minimum absolute atomic E-state index is 0.246. The zero-order chi connectivity index (χ0) is 15.5. The maximum Gasteiger partial charge on any atom is 0.234 e. The summed E-state index contributed by atoms with van der Waals surface area (Å²) in [7, 11) is 1.39. The zero-order valence-electron chi connectivity index (χ0n) is 12.7. The van der Waals surface area contributed by atoms with E-state index in [1.54, 1.807) is 0 Å². The summed E-state index contributed by atoms with van der Waals surface area (Å²) in [6.07, 6.45) is 0.913. The number of methoxy groups -OCH3 is 1. The van der Waals surface area contributed by atoms with Crippen molar-refractivity contribution in [2.45, 2.75) is 31.5 Å². The molecule has 0 fully saturated rings. The predicted molar refractivity (Wildman–Crippen MR) is 85.5 cm³/mol. The minimum atomic E-state index is -1.68. The first-order chi connectivity index (χ1) is 10.5. The Morgan fingerprint density at radius 1 is 1.18 bits per heavy atom. The molecule has 22 heavy (non-hydrogen) atoms. The van der Waals surface area contributed by atoms with Gasteiger partial charge in [-0.15, -0.1) is 0 Å². The molecule has 0 heterocycles. The molecular formula is C19H18O3. The summed E-state index contributed by atoms with van der Waals surface area (Å²) < 4.78 is 5.10. The number of rotatable bonds is 1. The Bertz CT molecular complexity index is 834. The summed E-state index contributed by atoms with van der Waals surface area (Å²) in [6, 6.07) is 12.5. The highest BCUT2D eigenvalue weighted by Crippen LogP contribution is 2.49. The van der Waals surface area contributed by atoms with Gasteiger partial charge in [0, 0.05) is 19.1 Å². The topological polar surface area (TPSA) is 46.5 Å². The Labute approximate surface area is 129 Å². The van der Waals surface area contributed by atoms with Crippen molar-refractivity contribution in [3.05, 3.63) is 53.1 Å². The highest BCUT2D eigenvalue weighted by molar-refractivity contribution is 6.13. The first-order valence-corrected chi connectivity index (χ1v) is 7.61. The molecule has 1 N–H and O–H groups in total. The lowest BCUT2D eigenvalue weighted by Crippen LogP contribution is -2.37. The fourth-order valence-electron chi connectivity index (χ4n) is 3.94. The van der Waals surface area contributed by atoms with Gasteiger partial charge in [0.15, 0.2) is 0 Å². The van der Waals surface area contributed by atoms with Gasteiger partial charge >= 0.3 is 0 Å². The average Bonchev–Trinajstić information content (AvgIpc) is 2.80. The van der Waals surface area contributed by atoms with Crippen molar-refractivity contribution in [2.24, 2.45) is 0 Å². The number of ether oxygens (including phenoxy) is 1. The number of hydrogen-bond acceptors (Lipinski definition) is 3. The number of ketones is 1. The van der Waals surface area contributed by atoms with Gasteiger partial charge in [0.05, 0.1) is 0 Å². The summed E-state index contributed by atoms with van der Waals surface area (Å²) in [5, 5.41) is 12.9. The summed E-state index contributed by atoms with van der Waals surface area (Å²) >= 11 is 0. The van der Waals surface area contributed by atoms with Gasteiger partial charge in [0.1, 0.15) is 0 Å². The van der Waals surface area contributed by atoms with E-state index in [2.05, 4.69) is 31.2 Å². The molecule has 4 rings (SSSR count). The Kier molecular flexibility index (Phi) is 2.80. The van der Waals surface area contributed by atoms with E-state index in [4.69, 9.17) is 4.74 Å². The maximum absolute atomic E-state index is 12.5. The SMILES string of the molecule is COC1(O)CC2=C(CC(C)c3c2ccc2ccccc32)C1=O. The van der Waals surface area contributed by atoms with Crippen LogP contribution < -0.4 is 0 Å². The number of aliphatic hydroxyl groups is 1. The first kappa shape index (κ1) is 13.7. The van der Waals surface area contributed by atoms with Gasteiger partial charge in [-0.3, -0.25) is 4.79 Å². The van der Waals surface area contributed by atoms with Crippen LogP contribution in [0.5, 0.6) is 0 Å². The van der Waals surface area contributed by atoms with Crippen molar-refractivity contribution in [2.75, 3.05) is 7.11 Å². The van der Waals surface area contributed by atoms with Gasteiger partial charge in [-0.2, -0.15) is 0 Å². The molecule has 0 radical (unpaired) electrons. The van der Waals surface area contributed by atoms with Gasteiger partial charge in [0.2, 0.25) is 11.6 Å². The van der Waals surface area contributed by atoms with Crippen LogP contribution in [-0.4, -0.2) is 23.8 Å². The van der Waals surface area contributed by atoms with Gasteiger partial charge in [-0.25, -0.2) is 0 Å². The van der Waals surface area contributed by atoms with Crippen molar-refractivity contribution >= 4 is 22.1 Å². The second-order valence-corrected chi connectivity index (χ2v) is 6.30. The van der Waals surface area contributed by atoms with Crippen LogP contribution in [0.15, 0.2) is 42.0 Å². The normalized spacial score (nSPS) is 27.2. The Hall–Kier alpha value is -1.97. The van der Waals surface area contributed by atoms with Crippen LogP contribution in [0.25, 0.3) is 16.3 Å². The molecule has 2 aliphatic rings. The third-order valence-electron chi connectivity index (χ3n) is 5.05. The number of hydrogen-bond donors (Lipinski definition) is 1. The van der Waals surface area contributed by atoms with Crippen LogP contribution in [-0.2, 0) is 9.53 Å². The summed E-state index contributed by atoms with van der Waals surface area (Å²) in [6.45, 7) is 2.15. The van der Waals surface area contributed by atoms with Crippen LogP contribution in [0.4, 0.5) is 0 Å². The van der Waals surface area contributed by atoms with Crippen molar-refractivity contribution in [1.82, 2.24) is 0 Å². The van der Waals surface area contributed by atoms with E-state index in [9.17, 15) is 9.90 Å². The lowest BCUT2D eigenvalue weighted by atomic mass is 9.78. The standard InChI is InChI=1S/C19H18O3/c1-11-9-15-16(10-19(21,22-2)18(15)20)14-8-7-12-5-3-4-6-13(12)17(11)14/h3-8,11,21H,9-10H2,1-2H3. The molecular weight excluding hydrogens is 276 g/mol. The molecule has 3 heteroatoms. The largest absolute Gasteiger partial charge is 0.359 e.